The van der Waals surface area contributed by atoms with Crippen LogP contribution in [0.2, 0.25) is 0 Å². The third-order valence-corrected chi connectivity index (χ3v) is 3.50. The molecular formula is C11H19NO2. The molecule has 2 saturated carbocycles. The van der Waals surface area contributed by atoms with Crippen LogP contribution < -0.4 is 5.32 Å². The molecule has 14 heavy (non-hydrogen) atoms. The molecule has 80 valence electrons. The first-order valence-electron chi connectivity index (χ1n) is 5.70. The smallest absolute Gasteiger partial charge is 0.223 e. The average Bonchev–Trinajstić information content (AvgIpc) is 2.80. The molecular weight excluding hydrogens is 178 g/mol. The first-order chi connectivity index (χ1) is 6.81. The first kappa shape index (κ1) is 9.97. The Morgan fingerprint density at radius 2 is 1.93 bits per heavy atom. The Bertz CT molecular complexity index is 207. The predicted molar refractivity (Wildman–Crippen MR) is 53.7 cm³/mol. The molecule has 2 atom stereocenters. The second-order valence-electron chi connectivity index (χ2n) is 4.65. The fraction of sp³-hybridized carbons (Fsp3) is 0.909. The minimum Gasteiger partial charge on any atom is -0.396 e. The van der Waals surface area contributed by atoms with Gasteiger partial charge in [-0.15, -0.1) is 0 Å². The Kier molecular flexibility index (Phi) is 3.06. The van der Waals surface area contributed by atoms with Crippen LogP contribution in [-0.4, -0.2) is 24.2 Å². The summed E-state index contributed by atoms with van der Waals surface area (Å²) >= 11 is 0. The van der Waals surface area contributed by atoms with Crippen LogP contribution in [-0.2, 0) is 4.79 Å². The standard InChI is InChI=1S/C11H19NO2/c13-4-2-1-3-12-11(14)10-6-8-5-9(8)7-10/h8-10,13H,1-7H2,(H,12,14). The van der Waals surface area contributed by atoms with Gasteiger partial charge in [-0.3, -0.25) is 4.79 Å². The van der Waals surface area contributed by atoms with Crippen molar-refractivity contribution in [1.29, 1.82) is 0 Å². The lowest BCUT2D eigenvalue weighted by Crippen LogP contribution is -2.30. The van der Waals surface area contributed by atoms with E-state index < -0.39 is 0 Å². The van der Waals surface area contributed by atoms with E-state index in [1.807, 2.05) is 0 Å². The Morgan fingerprint density at radius 3 is 2.57 bits per heavy atom. The van der Waals surface area contributed by atoms with Crippen LogP contribution in [0.25, 0.3) is 0 Å². The predicted octanol–water partition coefficient (Wildman–Crippen LogP) is 0.921. The summed E-state index contributed by atoms with van der Waals surface area (Å²) in [6.07, 6.45) is 5.29. The Hall–Kier alpha value is -0.570. The van der Waals surface area contributed by atoms with Crippen molar-refractivity contribution in [2.45, 2.75) is 32.1 Å². The third kappa shape index (κ3) is 2.27. The molecule has 2 unspecified atom stereocenters. The van der Waals surface area contributed by atoms with Crippen molar-refractivity contribution in [3.8, 4) is 0 Å². The van der Waals surface area contributed by atoms with Gasteiger partial charge in [-0.2, -0.15) is 0 Å². The van der Waals surface area contributed by atoms with E-state index in [1.54, 1.807) is 0 Å². The number of hydrogen-bond acceptors (Lipinski definition) is 2. The minimum absolute atomic E-state index is 0.226. The summed E-state index contributed by atoms with van der Waals surface area (Å²) < 4.78 is 0. The zero-order valence-electron chi connectivity index (χ0n) is 8.54. The van der Waals surface area contributed by atoms with E-state index in [2.05, 4.69) is 5.32 Å². The van der Waals surface area contributed by atoms with Crippen molar-refractivity contribution >= 4 is 5.91 Å². The van der Waals surface area contributed by atoms with Crippen molar-refractivity contribution in [3.63, 3.8) is 0 Å². The van der Waals surface area contributed by atoms with E-state index in [-0.39, 0.29) is 12.5 Å². The number of aliphatic hydroxyl groups excluding tert-OH is 1. The molecule has 0 radical (unpaired) electrons. The van der Waals surface area contributed by atoms with E-state index in [1.165, 1.54) is 6.42 Å². The van der Waals surface area contributed by atoms with E-state index in [4.69, 9.17) is 5.11 Å². The quantitative estimate of drug-likeness (QED) is 0.644. The van der Waals surface area contributed by atoms with Gasteiger partial charge < -0.3 is 10.4 Å². The van der Waals surface area contributed by atoms with Crippen LogP contribution in [0.5, 0.6) is 0 Å². The van der Waals surface area contributed by atoms with Gasteiger partial charge in [0, 0.05) is 19.1 Å². The fourth-order valence-electron chi connectivity index (χ4n) is 2.52. The highest BCUT2D eigenvalue weighted by Crippen LogP contribution is 2.54. The summed E-state index contributed by atoms with van der Waals surface area (Å²) in [7, 11) is 0. The summed E-state index contributed by atoms with van der Waals surface area (Å²) in [6.45, 7) is 0.953. The maximum atomic E-state index is 11.6. The van der Waals surface area contributed by atoms with Crippen molar-refractivity contribution in [3.05, 3.63) is 0 Å². The van der Waals surface area contributed by atoms with Crippen LogP contribution >= 0.6 is 0 Å². The Balaban J connectivity index is 1.59. The second-order valence-corrected chi connectivity index (χ2v) is 4.65. The Labute approximate surface area is 84.9 Å². The highest BCUT2D eigenvalue weighted by Gasteiger charge is 2.47. The van der Waals surface area contributed by atoms with Gasteiger partial charge in [0.15, 0.2) is 0 Å². The summed E-state index contributed by atoms with van der Waals surface area (Å²) in [6, 6.07) is 0. The molecule has 3 nitrogen and oxygen atoms in total. The number of amides is 1. The number of fused-ring (bicyclic) bond motifs is 1. The maximum absolute atomic E-state index is 11.6. The molecule has 0 aliphatic heterocycles. The van der Waals surface area contributed by atoms with Crippen LogP contribution in [0.15, 0.2) is 0 Å². The van der Waals surface area contributed by atoms with E-state index >= 15 is 0 Å². The molecule has 2 aliphatic rings. The van der Waals surface area contributed by atoms with E-state index in [0.717, 1.165) is 44.1 Å². The highest BCUT2D eigenvalue weighted by atomic mass is 16.2. The summed E-state index contributed by atoms with van der Waals surface area (Å²) in [5.74, 6) is 2.30. The lowest BCUT2D eigenvalue weighted by Gasteiger charge is -2.11. The van der Waals surface area contributed by atoms with Gasteiger partial charge in [0.25, 0.3) is 0 Å². The minimum atomic E-state index is 0.226. The number of unbranched alkanes of at least 4 members (excludes halogenated alkanes) is 1. The molecule has 2 fully saturated rings. The molecule has 0 aromatic carbocycles. The molecule has 0 saturated heterocycles. The molecule has 2 rings (SSSR count). The molecule has 0 aromatic heterocycles. The monoisotopic (exact) mass is 197 g/mol. The van der Waals surface area contributed by atoms with Crippen molar-refractivity contribution < 1.29 is 9.90 Å². The average molecular weight is 197 g/mol. The number of hydrogen-bond donors (Lipinski definition) is 2. The molecule has 2 N–H and O–H groups in total. The van der Waals surface area contributed by atoms with Crippen molar-refractivity contribution in [2.75, 3.05) is 13.2 Å². The van der Waals surface area contributed by atoms with Crippen LogP contribution in [0.1, 0.15) is 32.1 Å². The van der Waals surface area contributed by atoms with Gasteiger partial charge in [-0.1, -0.05) is 0 Å². The molecule has 0 bridgehead atoms. The van der Waals surface area contributed by atoms with Gasteiger partial charge in [0.1, 0.15) is 0 Å². The van der Waals surface area contributed by atoms with Gasteiger partial charge >= 0.3 is 0 Å². The van der Waals surface area contributed by atoms with Gasteiger partial charge in [0.05, 0.1) is 0 Å². The number of nitrogens with one attached hydrogen (secondary N) is 1. The lowest BCUT2D eigenvalue weighted by molar-refractivity contribution is -0.125. The molecule has 3 heteroatoms. The second kappa shape index (κ2) is 4.30. The summed E-state index contributed by atoms with van der Waals surface area (Å²) in [5, 5.41) is 11.5. The van der Waals surface area contributed by atoms with E-state index in [9.17, 15) is 4.79 Å². The molecule has 0 spiro atoms. The normalized spacial score (nSPS) is 33.9. The molecule has 0 aromatic rings. The van der Waals surface area contributed by atoms with Crippen molar-refractivity contribution in [1.82, 2.24) is 5.32 Å². The number of carbonyl (C=O) groups excluding carboxylic acids is 1. The van der Waals surface area contributed by atoms with Crippen LogP contribution in [0.3, 0.4) is 0 Å². The molecule has 1 amide bonds. The number of aliphatic hydroxyl groups is 1. The maximum Gasteiger partial charge on any atom is 0.223 e. The van der Waals surface area contributed by atoms with Crippen molar-refractivity contribution in [2.24, 2.45) is 17.8 Å². The Morgan fingerprint density at radius 1 is 1.21 bits per heavy atom. The zero-order valence-corrected chi connectivity index (χ0v) is 8.54. The largest absolute Gasteiger partial charge is 0.396 e. The van der Waals surface area contributed by atoms with Gasteiger partial charge in [-0.25, -0.2) is 0 Å². The zero-order chi connectivity index (χ0) is 9.97. The topological polar surface area (TPSA) is 49.3 Å². The first-order valence-corrected chi connectivity index (χ1v) is 5.70. The van der Waals surface area contributed by atoms with Gasteiger partial charge in [-0.05, 0) is 43.9 Å². The fourth-order valence-corrected chi connectivity index (χ4v) is 2.52. The summed E-state index contributed by atoms with van der Waals surface area (Å²) in [4.78, 5) is 11.6. The number of carbonyl (C=O) groups is 1. The van der Waals surface area contributed by atoms with Crippen LogP contribution in [0.4, 0.5) is 0 Å². The lowest BCUT2D eigenvalue weighted by atomic mass is 10.0. The summed E-state index contributed by atoms with van der Waals surface area (Å²) in [5.41, 5.74) is 0. The molecule has 2 aliphatic carbocycles. The third-order valence-electron chi connectivity index (χ3n) is 3.50. The highest BCUT2D eigenvalue weighted by molar-refractivity contribution is 5.79. The number of rotatable bonds is 5. The van der Waals surface area contributed by atoms with Crippen LogP contribution in [0, 0.1) is 17.8 Å². The van der Waals surface area contributed by atoms with Gasteiger partial charge in [0.2, 0.25) is 5.91 Å². The SMILES string of the molecule is O=C(NCCCCO)C1CC2CC2C1. The molecule has 0 heterocycles. The van der Waals surface area contributed by atoms with E-state index in [0.29, 0.717) is 5.92 Å².